The molecular weight excluding hydrogens is 298 g/mol. The Balaban J connectivity index is 1.87. The number of fused-ring (bicyclic) bond motifs is 2. The number of benzene rings is 3. The SMILES string of the molecule is Cc1nc2ccccc2c(=O)n1N=Cc1cccc2ccccc12. The molecule has 0 aliphatic rings. The van der Waals surface area contributed by atoms with E-state index < -0.39 is 0 Å². The van der Waals surface area contributed by atoms with Gasteiger partial charge in [0, 0.05) is 5.56 Å². The Kier molecular flexibility index (Phi) is 3.43. The molecule has 0 unspecified atom stereocenters. The molecular formula is C20H15N3O. The van der Waals surface area contributed by atoms with Gasteiger partial charge in [0.15, 0.2) is 0 Å². The Morgan fingerprint density at radius 3 is 2.50 bits per heavy atom. The molecule has 0 atom stereocenters. The van der Waals surface area contributed by atoms with Crippen LogP contribution in [0, 0.1) is 6.92 Å². The molecule has 3 aromatic carbocycles. The van der Waals surface area contributed by atoms with Crippen LogP contribution in [0.4, 0.5) is 0 Å². The summed E-state index contributed by atoms with van der Waals surface area (Å²) in [7, 11) is 0. The molecule has 0 aliphatic heterocycles. The van der Waals surface area contributed by atoms with Gasteiger partial charge < -0.3 is 0 Å². The van der Waals surface area contributed by atoms with Crippen LogP contribution in [0.25, 0.3) is 21.7 Å². The van der Waals surface area contributed by atoms with Gasteiger partial charge in [0.2, 0.25) is 0 Å². The maximum atomic E-state index is 12.6. The van der Waals surface area contributed by atoms with Crippen LogP contribution in [0.3, 0.4) is 0 Å². The number of aromatic nitrogens is 2. The first-order chi connectivity index (χ1) is 11.7. The Morgan fingerprint density at radius 1 is 0.917 bits per heavy atom. The third-order valence-electron chi connectivity index (χ3n) is 4.05. The normalized spacial score (nSPS) is 11.5. The lowest BCUT2D eigenvalue weighted by Crippen LogP contribution is -2.20. The third-order valence-corrected chi connectivity index (χ3v) is 4.05. The van der Waals surface area contributed by atoms with Gasteiger partial charge in [-0.05, 0) is 29.8 Å². The van der Waals surface area contributed by atoms with Crippen LogP contribution in [-0.2, 0) is 0 Å². The van der Waals surface area contributed by atoms with E-state index in [9.17, 15) is 4.79 Å². The fourth-order valence-corrected chi connectivity index (χ4v) is 2.85. The zero-order valence-electron chi connectivity index (χ0n) is 13.2. The zero-order chi connectivity index (χ0) is 16.5. The van der Waals surface area contributed by atoms with Gasteiger partial charge in [0.1, 0.15) is 5.82 Å². The second kappa shape index (κ2) is 5.74. The maximum Gasteiger partial charge on any atom is 0.282 e. The second-order valence-corrected chi connectivity index (χ2v) is 5.61. The summed E-state index contributed by atoms with van der Waals surface area (Å²) < 4.78 is 1.35. The van der Waals surface area contributed by atoms with Gasteiger partial charge in [-0.1, -0.05) is 54.6 Å². The van der Waals surface area contributed by atoms with E-state index >= 15 is 0 Å². The smallest absolute Gasteiger partial charge is 0.267 e. The lowest BCUT2D eigenvalue weighted by Gasteiger charge is -2.06. The topological polar surface area (TPSA) is 47.2 Å². The lowest BCUT2D eigenvalue weighted by atomic mass is 10.1. The average molecular weight is 313 g/mol. The van der Waals surface area contributed by atoms with E-state index in [1.807, 2.05) is 48.5 Å². The van der Waals surface area contributed by atoms with Crippen molar-refractivity contribution in [2.24, 2.45) is 5.10 Å². The molecule has 0 fully saturated rings. The number of hydrogen-bond acceptors (Lipinski definition) is 3. The van der Waals surface area contributed by atoms with Crippen molar-refractivity contribution < 1.29 is 0 Å². The molecule has 0 aliphatic carbocycles. The highest BCUT2D eigenvalue weighted by molar-refractivity contribution is 5.99. The molecule has 0 radical (unpaired) electrons. The van der Waals surface area contributed by atoms with Crippen molar-refractivity contribution in [2.75, 3.05) is 0 Å². The van der Waals surface area contributed by atoms with Crippen LogP contribution in [-0.4, -0.2) is 15.9 Å². The highest BCUT2D eigenvalue weighted by Crippen LogP contribution is 2.17. The molecule has 116 valence electrons. The molecule has 0 saturated carbocycles. The fraction of sp³-hybridized carbons (Fsp3) is 0.0500. The quantitative estimate of drug-likeness (QED) is 0.529. The first kappa shape index (κ1) is 14.3. The van der Waals surface area contributed by atoms with Gasteiger partial charge in [-0.3, -0.25) is 4.79 Å². The van der Waals surface area contributed by atoms with E-state index in [2.05, 4.69) is 22.2 Å². The van der Waals surface area contributed by atoms with Crippen LogP contribution < -0.4 is 5.56 Å². The molecule has 0 N–H and O–H groups in total. The average Bonchev–Trinajstić information content (AvgIpc) is 2.61. The van der Waals surface area contributed by atoms with E-state index in [4.69, 9.17) is 0 Å². The van der Waals surface area contributed by atoms with Crippen LogP contribution in [0.15, 0.2) is 76.6 Å². The predicted octanol–water partition coefficient (Wildman–Crippen LogP) is 3.74. The summed E-state index contributed by atoms with van der Waals surface area (Å²) in [5.74, 6) is 0.565. The molecule has 0 saturated heterocycles. The van der Waals surface area contributed by atoms with Crippen LogP contribution in [0.5, 0.6) is 0 Å². The molecule has 0 amide bonds. The van der Waals surface area contributed by atoms with Crippen molar-refractivity contribution in [1.29, 1.82) is 0 Å². The summed E-state index contributed by atoms with van der Waals surface area (Å²) in [5.41, 5.74) is 1.50. The predicted molar refractivity (Wildman–Crippen MR) is 97.7 cm³/mol. The van der Waals surface area contributed by atoms with Gasteiger partial charge in [-0.25, -0.2) is 4.98 Å². The molecule has 1 heterocycles. The second-order valence-electron chi connectivity index (χ2n) is 5.61. The molecule has 4 nitrogen and oxygen atoms in total. The fourth-order valence-electron chi connectivity index (χ4n) is 2.85. The standard InChI is InChI=1S/C20H15N3O/c1-14-22-19-12-5-4-11-18(19)20(24)23(14)21-13-16-9-6-8-15-7-2-3-10-17(15)16/h2-13H,1H3. The summed E-state index contributed by atoms with van der Waals surface area (Å²) in [6.45, 7) is 1.79. The number of para-hydroxylation sites is 1. The minimum atomic E-state index is -0.158. The molecule has 4 rings (SSSR count). The largest absolute Gasteiger partial charge is 0.282 e. The van der Waals surface area contributed by atoms with Gasteiger partial charge in [-0.15, -0.1) is 0 Å². The van der Waals surface area contributed by atoms with Gasteiger partial charge >= 0.3 is 0 Å². The summed E-state index contributed by atoms with van der Waals surface area (Å²) >= 11 is 0. The highest BCUT2D eigenvalue weighted by Gasteiger charge is 2.06. The minimum Gasteiger partial charge on any atom is -0.267 e. The zero-order valence-corrected chi connectivity index (χ0v) is 13.2. The van der Waals surface area contributed by atoms with Gasteiger partial charge in [0.25, 0.3) is 5.56 Å². The number of rotatable bonds is 2. The van der Waals surface area contributed by atoms with Crippen molar-refractivity contribution in [3.63, 3.8) is 0 Å². The number of nitrogens with zero attached hydrogens (tertiary/aromatic N) is 3. The number of hydrogen-bond donors (Lipinski definition) is 0. The molecule has 0 spiro atoms. The number of aryl methyl sites for hydroxylation is 1. The molecule has 4 aromatic rings. The summed E-state index contributed by atoms with van der Waals surface area (Å²) in [6.07, 6.45) is 1.72. The first-order valence-electron chi connectivity index (χ1n) is 7.74. The highest BCUT2D eigenvalue weighted by atomic mass is 16.1. The molecule has 0 bridgehead atoms. The summed E-state index contributed by atoms with van der Waals surface area (Å²) in [5, 5.41) is 7.20. The first-order valence-corrected chi connectivity index (χ1v) is 7.74. The third kappa shape index (κ3) is 2.38. The van der Waals surface area contributed by atoms with Gasteiger partial charge in [0.05, 0.1) is 17.1 Å². The molecule has 1 aromatic heterocycles. The molecule has 4 heteroatoms. The van der Waals surface area contributed by atoms with Crippen molar-refractivity contribution in [3.05, 3.63) is 88.5 Å². The Morgan fingerprint density at radius 2 is 1.62 bits per heavy atom. The van der Waals surface area contributed by atoms with E-state index in [0.717, 1.165) is 16.3 Å². The van der Waals surface area contributed by atoms with Gasteiger partial charge in [-0.2, -0.15) is 9.78 Å². The maximum absolute atomic E-state index is 12.6. The van der Waals surface area contributed by atoms with Crippen molar-refractivity contribution in [3.8, 4) is 0 Å². The Labute approximate surface area is 138 Å². The monoisotopic (exact) mass is 313 g/mol. The van der Waals surface area contributed by atoms with Crippen LogP contribution >= 0.6 is 0 Å². The van der Waals surface area contributed by atoms with Crippen molar-refractivity contribution >= 4 is 27.9 Å². The van der Waals surface area contributed by atoms with E-state index in [1.54, 1.807) is 19.2 Å². The van der Waals surface area contributed by atoms with Crippen molar-refractivity contribution in [2.45, 2.75) is 6.92 Å². The summed E-state index contributed by atoms with van der Waals surface area (Å²) in [6, 6.07) is 21.4. The minimum absolute atomic E-state index is 0.158. The lowest BCUT2D eigenvalue weighted by molar-refractivity contribution is 0.771. The van der Waals surface area contributed by atoms with E-state index in [-0.39, 0.29) is 5.56 Å². The Bertz CT molecular complexity index is 1140. The van der Waals surface area contributed by atoms with Crippen molar-refractivity contribution in [1.82, 2.24) is 9.66 Å². The van der Waals surface area contributed by atoms with E-state index in [0.29, 0.717) is 16.7 Å². The molecule has 24 heavy (non-hydrogen) atoms. The summed E-state index contributed by atoms with van der Waals surface area (Å²) in [4.78, 5) is 17.1. The van der Waals surface area contributed by atoms with Crippen LogP contribution in [0.2, 0.25) is 0 Å². The Hall–Kier alpha value is -3.27. The van der Waals surface area contributed by atoms with Crippen LogP contribution in [0.1, 0.15) is 11.4 Å². The van der Waals surface area contributed by atoms with E-state index in [1.165, 1.54) is 4.68 Å².